The molecule has 0 saturated heterocycles. The number of sulfonamides is 1. The first-order valence-electron chi connectivity index (χ1n) is 10.2. The number of pyridine rings is 1. The summed E-state index contributed by atoms with van der Waals surface area (Å²) in [6.45, 7) is 2.11. The van der Waals surface area contributed by atoms with Gasteiger partial charge in [-0.1, -0.05) is 29.0 Å². The third kappa shape index (κ3) is 6.59. The van der Waals surface area contributed by atoms with E-state index in [4.69, 9.17) is 0 Å². The number of aromatic nitrogens is 4. The molecule has 170 valence electrons. The predicted molar refractivity (Wildman–Crippen MR) is 119 cm³/mol. The molecule has 2 N–H and O–H groups in total. The number of carboxylic acid groups (broad SMARTS) is 1. The van der Waals surface area contributed by atoms with E-state index in [1.165, 1.54) is 16.8 Å². The van der Waals surface area contributed by atoms with Gasteiger partial charge in [0.25, 0.3) is 0 Å². The molecular weight excluding hydrogens is 432 g/mol. The number of carboxylic acids is 1. The van der Waals surface area contributed by atoms with Gasteiger partial charge in [-0.05, 0) is 44.0 Å². The molecule has 0 fully saturated rings. The van der Waals surface area contributed by atoms with Crippen LogP contribution in [0.1, 0.15) is 17.7 Å². The molecule has 3 rings (SSSR count). The molecule has 2 heterocycles. The van der Waals surface area contributed by atoms with Crippen molar-refractivity contribution in [2.24, 2.45) is 0 Å². The van der Waals surface area contributed by atoms with Gasteiger partial charge in [-0.3, -0.25) is 9.48 Å². The number of hydrogen-bond donors (Lipinski definition) is 2. The van der Waals surface area contributed by atoms with Gasteiger partial charge in [0.15, 0.2) is 0 Å². The van der Waals surface area contributed by atoms with Crippen LogP contribution in [0.4, 0.5) is 5.82 Å². The quantitative estimate of drug-likeness (QED) is 0.393. The number of rotatable bonds is 12. The molecular formula is C21H26N6O4S. The lowest BCUT2D eigenvalue weighted by atomic mass is 10.2. The Hall–Kier alpha value is -3.31. The molecule has 0 aliphatic carbocycles. The summed E-state index contributed by atoms with van der Waals surface area (Å²) in [5, 5.41) is 20.6. The minimum absolute atomic E-state index is 0.0352. The topological polar surface area (TPSA) is 130 Å². The minimum atomic E-state index is -3.94. The average Bonchev–Trinajstić information content (AvgIpc) is 3.22. The highest BCUT2D eigenvalue weighted by atomic mass is 32.2. The summed E-state index contributed by atoms with van der Waals surface area (Å²) in [7, 11) is -3.94. The lowest BCUT2D eigenvalue weighted by Gasteiger charge is -2.20. The second-order valence-corrected chi connectivity index (χ2v) is 9.20. The van der Waals surface area contributed by atoms with Crippen LogP contribution in [0.3, 0.4) is 0 Å². The van der Waals surface area contributed by atoms with Gasteiger partial charge in [0.1, 0.15) is 12.4 Å². The van der Waals surface area contributed by atoms with Crippen molar-refractivity contribution in [3.63, 3.8) is 0 Å². The molecule has 0 atom stereocenters. The van der Waals surface area contributed by atoms with Gasteiger partial charge in [0.2, 0.25) is 10.0 Å². The average molecular weight is 459 g/mol. The van der Waals surface area contributed by atoms with E-state index in [1.807, 2.05) is 25.1 Å². The third-order valence-electron chi connectivity index (χ3n) is 4.72. The van der Waals surface area contributed by atoms with E-state index in [9.17, 15) is 18.3 Å². The number of nitrogens with one attached hydrogen (secondary N) is 1. The SMILES string of the molecule is Cc1ccc(S(=O)(=O)N(CCn2cc(CCCNc3ccccn3)nn2)CC(=O)O)cc1. The van der Waals surface area contributed by atoms with Crippen LogP contribution in [-0.4, -0.2) is 63.4 Å². The Kier molecular flexibility index (Phi) is 7.90. The Bertz CT molecular complexity index is 1120. The standard InChI is InChI=1S/C21H26N6O4S/c1-17-7-9-19(10-8-17)32(30,31)27(16-21(28)29)14-13-26-15-18(24-25-26)5-4-12-23-20-6-2-3-11-22-20/h2-3,6-11,15H,4-5,12-14,16H2,1H3,(H,22,23)(H,28,29). The maximum Gasteiger partial charge on any atom is 0.318 e. The third-order valence-corrected chi connectivity index (χ3v) is 6.58. The molecule has 0 aliphatic heterocycles. The second kappa shape index (κ2) is 10.8. The zero-order valence-electron chi connectivity index (χ0n) is 17.8. The second-order valence-electron chi connectivity index (χ2n) is 7.26. The predicted octanol–water partition coefficient (Wildman–Crippen LogP) is 1.80. The van der Waals surface area contributed by atoms with Crippen molar-refractivity contribution in [3.05, 3.63) is 66.1 Å². The van der Waals surface area contributed by atoms with Gasteiger partial charge < -0.3 is 10.4 Å². The van der Waals surface area contributed by atoms with E-state index in [1.54, 1.807) is 24.5 Å². The number of hydrogen-bond acceptors (Lipinski definition) is 7. The highest BCUT2D eigenvalue weighted by molar-refractivity contribution is 7.89. The van der Waals surface area contributed by atoms with Gasteiger partial charge in [-0.15, -0.1) is 5.10 Å². The molecule has 0 bridgehead atoms. The van der Waals surface area contributed by atoms with Crippen LogP contribution in [0.5, 0.6) is 0 Å². The van der Waals surface area contributed by atoms with E-state index < -0.39 is 22.5 Å². The Morgan fingerprint density at radius 1 is 1.19 bits per heavy atom. The van der Waals surface area contributed by atoms with E-state index >= 15 is 0 Å². The summed E-state index contributed by atoms with van der Waals surface area (Å²) in [5.41, 5.74) is 1.69. The van der Waals surface area contributed by atoms with Gasteiger partial charge in [-0.25, -0.2) is 13.4 Å². The molecule has 3 aromatic rings. The summed E-state index contributed by atoms with van der Waals surface area (Å²) in [5.74, 6) is -0.412. The summed E-state index contributed by atoms with van der Waals surface area (Å²) in [6, 6.07) is 12.0. The normalized spacial score (nSPS) is 11.6. The van der Waals surface area contributed by atoms with Crippen LogP contribution in [-0.2, 0) is 27.8 Å². The van der Waals surface area contributed by atoms with Crippen LogP contribution in [0.2, 0.25) is 0 Å². The zero-order valence-corrected chi connectivity index (χ0v) is 18.6. The number of carbonyl (C=O) groups is 1. The van der Waals surface area contributed by atoms with Crippen LogP contribution >= 0.6 is 0 Å². The van der Waals surface area contributed by atoms with Gasteiger partial charge in [-0.2, -0.15) is 4.31 Å². The van der Waals surface area contributed by atoms with Crippen LogP contribution in [0.25, 0.3) is 0 Å². The van der Waals surface area contributed by atoms with Crippen molar-refractivity contribution >= 4 is 21.8 Å². The Morgan fingerprint density at radius 3 is 2.66 bits per heavy atom. The molecule has 0 spiro atoms. The molecule has 0 aliphatic rings. The monoisotopic (exact) mass is 458 g/mol. The minimum Gasteiger partial charge on any atom is -0.480 e. The molecule has 11 heteroatoms. The Labute approximate surface area is 187 Å². The smallest absolute Gasteiger partial charge is 0.318 e. The van der Waals surface area contributed by atoms with E-state index in [0.29, 0.717) is 6.42 Å². The van der Waals surface area contributed by atoms with Gasteiger partial charge >= 0.3 is 5.97 Å². The molecule has 0 unspecified atom stereocenters. The summed E-state index contributed by atoms with van der Waals surface area (Å²) < 4.78 is 28.3. The first-order valence-corrected chi connectivity index (χ1v) is 11.6. The van der Waals surface area contributed by atoms with Crippen LogP contribution < -0.4 is 5.32 Å². The first-order chi connectivity index (χ1) is 15.3. The van der Waals surface area contributed by atoms with Crippen molar-refractivity contribution in [1.29, 1.82) is 0 Å². The molecule has 0 amide bonds. The fourth-order valence-electron chi connectivity index (χ4n) is 3.02. The molecule has 0 radical (unpaired) electrons. The fraction of sp³-hybridized carbons (Fsp3) is 0.333. The molecule has 32 heavy (non-hydrogen) atoms. The largest absolute Gasteiger partial charge is 0.480 e. The zero-order chi connectivity index (χ0) is 23.0. The lowest BCUT2D eigenvalue weighted by Crippen LogP contribution is -2.38. The number of benzene rings is 1. The van der Waals surface area contributed by atoms with E-state index in [2.05, 4.69) is 20.6 Å². The van der Waals surface area contributed by atoms with Crippen molar-refractivity contribution in [1.82, 2.24) is 24.3 Å². The van der Waals surface area contributed by atoms with Crippen LogP contribution in [0.15, 0.2) is 59.8 Å². The number of aryl methyl sites for hydroxylation is 2. The fourth-order valence-corrected chi connectivity index (χ4v) is 4.40. The molecule has 0 saturated carbocycles. The highest BCUT2D eigenvalue weighted by Gasteiger charge is 2.26. The van der Waals surface area contributed by atoms with Gasteiger partial charge in [0, 0.05) is 25.5 Å². The highest BCUT2D eigenvalue weighted by Crippen LogP contribution is 2.16. The Balaban J connectivity index is 1.55. The summed E-state index contributed by atoms with van der Waals surface area (Å²) >= 11 is 0. The molecule has 1 aromatic carbocycles. The summed E-state index contributed by atoms with van der Waals surface area (Å²) in [4.78, 5) is 15.5. The molecule has 10 nitrogen and oxygen atoms in total. The van der Waals surface area contributed by atoms with E-state index in [0.717, 1.165) is 34.3 Å². The van der Waals surface area contributed by atoms with Crippen molar-refractivity contribution in [2.45, 2.75) is 31.2 Å². The van der Waals surface area contributed by atoms with Crippen molar-refractivity contribution in [2.75, 3.05) is 25.0 Å². The number of anilines is 1. The number of nitrogens with zero attached hydrogens (tertiary/aromatic N) is 5. The number of aliphatic carboxylic acids is 1. The van der Waals surface area contributed by atoms with E-state index in [-0.39, 0.29) is 18.0 Å². The summed E-state index contributed by atoms with van der Waals surface area (Å²) in [6.07, 6.45) is 4.99. The van der Waals surface area contributed by atoms with Crippen LogP contribution in [0, 0.1) is 6.92 Å². The Morgan fingerprint density at radius 2 is 1.97 bits per heavy atom. The molecule has 2 aromatic heterocycles. The van der Waals surface area contributed by atoms with Crippen molar-refractivity contribution in [3.8, 4) is 0 Å². The maximum absolute atomic E-state index is 12.9. The maximum atomic E-state index is 12.9. The van der Waals surface area contributed by atoms with Crippen molar-refractivity contribution < 1.29 is 18.3 Å². The lowest BCUT2D eigenvalue weighted by molar-refractivity contribution is -0.137. The van der Waals surface area contributed by atoms with Gasteiger partial charge in [0.05, 0.1) is 17.1 Å². The first kappa shape index (κ1) is 23.4.